The number of rotatable bonds is 7. The molecular weight excluding hydrogens is 460 g/mol. The summed E-state index contributed by atoms with van der Waals surface area (Å²) >= 11 is 0. The molecule has 1 saturated heterocycles. The number of alkyl carbamates (subject to hydrolysis) is 1. The number of likely N-dealkylation sites (tertiary alicyclic amines) is 1. The minimum absolute atomic E-state index is 0.0448. The quantitative estimate of drug-likeness (QED) is 0.588. The molecule has 3 rings (SSSR count). The zero-order chi connectivity index (χ0) is 26.7. The largest absolute Gasteiger partial charge is 0.480 e. The molecule has 1 unspecified atom stereocenters. The molecule has 0 aromatic heterocycles. The first kappa shape index (κ1) is 27.2. The Bertz CT molecular complexity index is 1080. The number of amides is 2. The topological polar surface area (TPSA) is 105 Å². The summed E-state index contributed by atoms with van der Waals surface area (Å²) in [6.45, 7) is 8.82. The minimum atomic E-state index is -1.12. The molecule has 0 aliphatic carbocycles. The fraction of sp³-hybridized carbons (Fsp3) is 0.464. The van der Waals surface area contributed by atoms with Crippen molar-refractivity contribution in [3.63, 3.8) is 0 Å². The van der Waals surface area contributed by atoms with E-state index in [4.69, 9.17) is 9.47 Å². The molecule has 0 radical (unpaired) electrons. The molecule has 0 spiro atoms. The average molecular weight is 497 g/mol. The summed E-state index contributed by atoms with van der Waals surface area (Å²) in [5, 5.41) is 12.6. The Kier molecular flexibility index (Phi) is 8.09. The molecule has 1 aliphatic rings. The smallest absolute Gasteiger partial charge is 0.408 e. The van der Waals surface area contributed by atoms with Gasteiger partial charge in [0.15, 0.2) is 0 Å². The first-order valence-corrected chi connectivity index (χ1v) is 12.1. The van der Waals surface area contributed by atoms with E-state index in [9.17, 15) is 19.5 Å². The van der Waals surface area contributed by atoms with Crippen LogP contribution in [0.1, 0.15) is 46.6 Å². The van der Waals surface area contributed by atoms with Gasteiger partial charge in [-0.3, -0.25) is 4.79 Å². The molecule has 1 aliphatic heterocycles. The molecule has 2 N–H and O–H groups in total. The lowest BCUT2D eigenvalue weighted by molar-refractivity contribution is -0.149. The molecule has 1 heterocycles. The molecule has 8 nitrogen and oxygen atoms in total. The number of carbonyl (C=O) groups is 3. The van der Waals surface area contributed by atoms with Crippen molar-refractivity contribution in [3.05, 3.63) is 60.2 Å². The van der Waals surface area contributed by atoms with Gasteiger partial charge in [0, 0.05) is 13.5 Å². The van der Waals surface area contributed by atoms with Crippen molar-refractivity contribution in [1.82, 2.24) is 10.2 Å². The van der Waals surface area contributed by atoms with Crippen molar-refractivity contribution in [2.45, 2.75) is 64.3 Å². The zero-order valence-corrected chi connectivity index (χ0v) is 21.8. The van der Waals surface area contributed by atoms with Gasteiger partial charge in [0.25, 0.3) is 0 Å². The maximum atomic E-state index is 13.6. The number of carboxylic acids is 1. The van der Waals surface area contributed by atoms with Gasteiger partial charge in [-0.2, -0.15) is 0 Å². The van der Waals surface area contributed by atoms with Crippen molar-refractivity contribution < 1.29 is 29.0 Å². The molecule has 8 heteroatoms. The van der Waals surface area contributed by atoms with E-state index < -0.39 is 41.3 Å². The van der Waals surface area contributed by atoms with Gasteiger partial charge < -0.3 is 24.8 Å². The van der Waals surface area contributed by atoms with Gasteiger partial charge in [0.05, 0.1) is 6.54 Å². The van der Waals surface area contributed by atoms with Crippen LogP contribution in [0.5, 0.6) is 0 Å². The van der Waals surface area contributed by atoms with Crippen molar-refractivity contribution in [2.75, 3.05) is 13.7 Å². The summed E-state index contributed by atoms with van der Waals surface area (Å²) in [5.41, 5.74) is 1.14. The lowest BCUT2D eigenvalue weighted by Gasteiger charge is -2.31. The molecule has 194 valence electrons. The number of hydrogen-bond acceptors (Lipinski definition) is 5. The highest BCUT2D eigenvalue weighted by molar-refractivity contribution is 5.90. The Balaban J connectivity index is 1.88. The highest BCUT2D eigenvalue weighted by atomic mass is 16.6. The van der Waals surface area contributed by atoms with Crippen LogP contribution in [-0.2, 0) is 24.7 Å². The van der Waals surface area contributed by atoms with Crippen molar-refractivity contribution >= 4 is 18.0 Å². The van der Waals surface area contributed by atoms with Crippen LogP contribution < -0.4 is 5.32 Å². The van der Waals surface area contributed by atoms with Crippen molar-refractivity contribution in [3.8, 4) is 11.1 Å². The Morgan fingerprint density at radius 2 is 1.61 bits per heavy atom. The molecule has 3 atom stereocenters. The van der Waals surface area contributed by atoms with Gasteiger partial charge in [0.1, 0.15) is 23.3 Å². The molecule has 2 aromatic carbocycles. The predicted molar refractivity (Wildman–Crippen MR) is 136 cm³/mol. The lowest BCUT2D eigenvalue weighted by Crippen LogP contribution is -2.54. The standard InChI is InChI=1S/C28H36N2O6/c1-18(2)23(29-26(34)36-27(3,4)5)24(31)30-17-28(35-6,16-22(30)25(32)33)21-14-12-20(13-15-21)19-10-8-7-9-11-19/h7-15,18,22-23H,16-17H2,1-6H3,(H,29,34)(H,32,33)/t22-,23?,28-/m0/s1. The molecule has 36 heavy (non-hydrogen) atoms. The first-order chi connectivity index (χ1) is 16.9. The van der Waals surface area contributed by atoms with Gasteiger partial charge in [-0.25, -0.2) is 9.59 Å². The second-order valence-electron chi connectivity index (χ2n) is 10.5. The predicted octanol–water partition coefficient (Wildman–Crippen LogP) is 4.43. The lowest BCUT2D eigenvalue weighted by atomic mass is 9.89. The van der Waals surface area contributed by atoms with Gasteiger partial charge >= 0.3 is 12.1 Å². The van der Waals surface area contributed by atoms with Crippen molar-refractivity contribution in [2.24, 2.45) is 5.92 Å². The summed E-state index contributed by atoms with van der Waals surface area (Å²) in [6, 6.07) is 15.6. The summed E-state index contributed by atoms with van der Waals surface area (Å²) in [7, 11) is 1.52. The van der Waals surface area contributed by atoms with E-state index in [1.165, 1.54) is 12.0 Å². The summed E-state index contributed by atoms with van der Waals surface area (Å²) < 4.78 is 11.2. The Morgan fingerprint density at radius 3 is 2.11 bits per heavy atom. The third kappa shape index (κ3) is 6.05. The number of ether oxygens (including phenoxy) is 2. The third-order valence-electron chi connectivity index (χ3n) is 6.41. The number of nitrogens with zero attached hydrogens (tertiary/aromatic N) is 1. The van der Waals surface area contributed by atoms with E-state index in [1.54, 1.807) is 34.6 Å². The van der Waals surface area contributed by atoms with Gasteiger partial charge in [-0.15, -0.1) is 0 Å². The van der Waals surface area contributed by atoms with Gasteiger partial charge in [-0.05, 0) is 43.4 Å². The fourth-order valence-corrected chi connectivity index (χ4v) is 4.52. The number of carbonyl (C=O) groups excluding carboxylic acids is 2. The molecule has 2 aromatic rings. The number of nitrogens with one attached hydrogen (secondary N) is 1. The van der Waals surface area contributed by atoms with E-state index in [-0.39, 0.29) is 18.9 Å². The number of carboxylic acid groups (broad SMARTS) is 1. The summed E-state index contributed by atoms with van der Waals surface area (Å²) in [6.07, 6.45) is -0.637. The zero-order valence-electron chi connectivity index (χ0n) is 21.8. The molecule has 2 amide bonds. The number of methoxy groups -OCH3 is 1. The van der Waals surface area contributed by atoms with Gasteiger partial charge in [-0.1, -0.05) is 68.4 Å². The minimum Gasteiger partial charge on any atom is -0.480 e. The van der Waals surface area contributed by atoms with E-state index >= 15 is 0 Å². The maximum absolute atomic E-state index is 13.6. The number of benzene rings is 2. The monoisotopic (exact) mass is 496 g/mol. The van der Waals surface area contributed by atoms with Crippen LogP contribution in [0.15, 0.2) is 54.6 Å². The van der Waals surface area contributed by atoms with Crippen LogP contribution in [0.3, 0.4) is 0 Å². The van der Waals surface area contributed by atoms with E-state index in [2.05, 4.69) is 5.32 Å². The molecular formula is C28H36N2O6. The second-order valence-corrected chi connectivity index (χ2v) is 10.5. The normalized spacial score (nSPS) is 20.8. The highest BCUT2D eigenvalue weighted by Crippen LogP contribution is 2.40. The molecule has 0 bridgehead atoms. The Labute approximate surface area is 212 Å². The Hall–Kier alpha value is -3.39. The molecule has 0 saturated carbocycles. The number of aliphatic carboxylic acids is 1. The SMILES string of the molecule is CO[C@@]1(c2ccc(-c3ccccc3)cc2)C[C@@H](C(=O)O)N(C(=O)C(NC(=O)OC(C)(C)C)C(C)C)C1. The van der Waals surface area contributed by atoms with E-state index in [1.807, 2.05) is 54.6 Å². The third-order valence-corrected chi connectivity index (χ3v) is 6.41. The van der Waals surface area contributed by atoms with Crippen LogP contribution in [0.2, 0.25) is 0 Å². The second kappa shape index (κ2) is 10.7. The van der Waals surface area contributed by atoms with Crippen LogP contribution in [0.4, 0.5) is 4.79 Å². The average Bonchev–Trinajstić information content (AvgIpc) is 3.23. The fourth-order valence-electron chi connectivity index (χ4n) is 4.52. The van der Waals surface area contributed by atoms with Crippen LogP contribution in [0, 0.1) is 5.92 Å². The van der Waals surface area contributed by atoms with Crippen molar-refractivity contribution in [1.29, 1.82) is 0 Å². The summed E-state index contributed by atoms with van der Waals surface area (Å²) in [4.78, 5) is 39.6. The highest BCUT2D eigenvalue weighted by Gasteiger charge is 2.51. The Morgan fingerprint density at radius 1 is 1.03 bits per heavy atom. The van der Waals surface area contributed by atoms with E-state index in [0.717, 1.165) is 16.7 Å². The number of hydrogen-bond donors (Lipinski definition) is 2. The maximum Gasteiger partial charge on any atom is 0.408 e. The van der Waals surface area contributed by atoms with Crippen LogP contribution in [-0.4, -0.2) is 59.3 Å². The molecule has 1 fully saturated rings. The first-order valence-electron chi connectivity index (χ1n) is 12.1. The van der Waals surface area contributed by atoms with Gasteiger partial charge in [0.2, 0.25) is 5.91 Å². The summed E-state index contributed by atoms with van der Waals surface area (Å²) in [5.74, 6) is -1.90. The van der Waals surface area contributed by atoms with Crippen LogP contribution >= 0.6 is 0 Å². The van der Waals surface area contributed by atoms with E-state index in [0.29, 0.717) is 0 Å². The van der Waals surface area contributed by atoms with Crippen LogP contribution in [0.25, 0.3) is 11.1 Å².